The topological polar surface area (TPSA) is 53.2 Å². The van der Waals surface area contributed by atoms with E-state index in [1.165, 1.54) is 0 Å². The van der Waals surface area contributed by atoms with Gasteiger partial charge in [0.15, 0.2) is 0 Å². The first-order valence-electron chi connectivity index (χ1n) is 6.34. The Balaban J connectivity index is 2.29. The van der Waals surface area contributed by atoms with Crippen LogP contribution in [0.5, 0.6) is 5.75 Å². The van der Waals surface area contributed by atoms with Crippen LogP contribution in [0.15, 0.2) is 24.3 Å². The normalized spacial score (nSPS) is 28.7. The molecular weight excluding hydrogens is 226 g/mol. The summed E-state index contributed by atoms with van der Waals surface area (Å²) in [4.78, 5) is 0. The van der Waals surface area contributed by atoms with Gasteiger partial charge in [0.2, 0.25) is 0 Å². The summed E-state index contributed by atoms with van der Waals surface area (Å²) in [7, 11) is 1.60. The van der Waals surface area contributed by atoms with Crippen molar-refractivity contribution < 1.29 is 9.84 Å². The molecule has 1 N–H and O–H groups in total. The molecule has 1 aliphatic rings. The van der Waals surface area contributed by atoms with E-state index >= 15 is 0 Å². The highest BCUT2D eigenvalue weighted by molar-refractivity contribution is 5.32. The maximum Gasteiger partial charge on any atom is 0.119 e. The number of methoxy groups -OCH3 is 1. The highest BCUT2D eigenvalue weighted by Crippen LogP contribution is 2.49. The van der Waals surface area contributed by atoms with Crippen molar-refractivity contribution in [1.82, 2.24) is 0 Å². The molecule has 0 heterocycles. The summed E-state index contributed by atoms with van der Waals surface area (Å²) in [5.74, 6) is 1.22. The Kier molecular flexibility index (Phi) is 3.58. The van der Waals surface area contributed by atoms with Gasteiger partial charge >= 0.3 is 0 Å². The van der Waals surface area contributed by atoms with Crippen molar-refractivity contribution in [3.63, 3.8) is 0 Å². The molecule has 0 amide bonds. The number of nitrogens with zero attached hydrogens (tertiary/aromatic N) is 1. The van der Waals surface area contributed by atoms with Crippen molar-refractivity contribution in [3.05, 3.63) is 29.8 Å². The first-order chi connectivity index (χ1) is 8.61. The van der Waals surface area contributed by atoms with Crippen LogP contribution >= 0.6 is 0 Å². The largest absolute Gasteiger partial charge is 0.497 e. The molecule has 0 spiro atoms. The summed E-state index contributed by atoms with van der Waals surface area (Å²) in [6.45, 7) is 2.14. The molecule has 96 valence electrons. The van der Waals surface area contributed by atoms with Gasteiger partial charge in [-0.3, -0.25) is 0 Å². The molecular formula is C15H19NO2. The van der Waals surface area contributed by atoms with E-state index in [2.05, 4.69) is 13.0 Å². The zero-order valence-electron chi connectivity index (χ0n) is 10.9. The van der Waals surface area contributed by atoms with Crippen molar-refractivity contribution in [2.24, 2.45) is 11.3 Å². The van der Waals surface area contributed by atoms with Crippen LogP contribution in [-0.4, -0.2) is 12.2 Å². The van der Waals surface area contributed by atoms with Gasteiger partial charge in [-0.2, -0.15) is 5.26 Å². The third-order valence-electron chi connectivity index (χ3n) is 3.95. The van der Waals surface area contributed by atoms with Gasteiger partial charge < -0.3 is 9.84 Å². The average Bonchev–Trinajstić information content (AvgIpc) is 2.81. The molecule has 18 heavy (non-hydrogen) atoms. The van der Waals surface area contributed by atoms with E-state index in [0.717, 1.165) is 24.8 Å². The van der Waals surface area contributed by atoms with E-state index < -0.39 is 11.5 Å². The summed E-state index contributed by atoms with van der Waals surface area (Å²) in [6.07, 6.45) is 1.81. The maximum absolute atomic E-state index is 10.5. The number of aliphatic hydroxyl groups is 1. The number of benzene rings is 1. The Morgan fingerprint density at radius 2 is 2.33 bits per heavy atom. The van der Waals surface area contributed by atoms with Crippen molar-refractivity contribution >= 4 is 0 Å². The van der Waals surface area contributed by atoms with Crippen LogP contribution in [0.3, 0.4) is 0 Å². The van der Waals surface area contributed by atoms with Crippen molar-refractivity contribution in [1.29, 1.82) is 5.26 Å². The molecule has 2 rings (SSSR count). The van der Waals surface area contributed by atoms with Crippen LogP contribution < -0.4 is 4.74 Å². The SMILES string of the molecule is COc1cccc(C(O)C2(C#N)CCC(C)C2)c1. The zero-order chi connectivity index (χ0) is 13.2. The predicted molar refractivity (Wildman–Crippen MR) is 69.0 cm³/mol. The van der Waals surface area contributed by atoms with Gasteiger partial charge in [-0.1, -0.05) is 19.1 Å². The number of ether oxygens (including phenoxy) is 1. The van der Waals surface area contributed by atoms with Crippen molar-refractivity contribution in [2.75, 3.05) is 7.11 Å². The minimum absolute atomic E-state index is 0.505. The Morgan fingerprint density at radius 1 is 1.56 bits per heavy atom. The highest BCUT2D eigenvalue weighted by Gasteiger charge is 2.44. The Labute approximate surface area is 108 Å². The molecule has 1 saturated carbocycles. The predicted octanol–water partition coefficient (Wildman–Crippen LogP) is 3.06. The average molecular weight is 245 g/mol. The number of hydrogen-bond acceptors (Lipinski definition) is 3. The third-order valence-corrected chi connectivity index (χ3v) is 3.95. The third kappa shape index (κ3) is 2.21. The van der Waals surface area contributed by atoms with E-state index in [1.54, 1.807) is 7.11 Å². The summed E-state index contributed by atoms with van der Waals surface area (Å²) < 4.78 is 5.16. The summed E-state index contributed by atoms with van der Waals surface area (Å²) in [5, 5.41) is 20.0. The minimum atomic E-state index is -0.734. The lowest BCUT2D eigenvalue weighted by Gasteiger charge is -2.27. The lowest BCUT2D eigenvalue weighted by atomic mass is 9.78. The van der Waals surface area contributed by atoms with E-state index in [-0.39, 0.29) is 0 Å². The van der Waals surface area contributed by atoms with Gasteiger partial charge in [0.25, 0.3) is 0 Å². The number of hydrogen-bond donors (Lipinski definition) is 1. The molecule has 3 unspecified atom stereocenters. The first kappa shape index (κ1) is 12.9. The second-order valence-corrected chi connectivity index (χ2v) is 5.30. The van der Waals surface area contributed by atoms with Crippen molar-refractivity contribution in [2.45, 2.75) is 32.3 Å². The molecule has 0 bridgehead atoms. The van der Waals surface area contributed by atoms with E-state index in [0.29, 0.717) is 11.7 Å². The standard InChI is InChI=1S/C15H19NO2/c1-11-6-7-15(9-11,10-16)14(17)12-4-3-5-13(8-12)18-2/h3-5,8,11,14,17H,6-7,9H2,1-2H3. The fourth-order valence-corrected chi connectivity index (χ4v) is 2.87. The summed E-state index contributed by atoms with van der Waals surface area (Å²) in [5.41, 5.74) is 0.135. The van der Waals surface area contributed by atoms with Crippen LogP contribution in [0, 0.1) is 22.7 Å². The second kappa shape index (κ2) is 4.99. The molecule has 0 radical (unpaired) electrons. The quantitative estimate of drug-likeness (QED) is 0.890. The Hall–Kier alpha value is -1.53. The monoisotopic (exact) mass is 245 g/mol. The van der Waals surface area contributed by atoms with Crippen molar-refractivity contribution in [3.8, 4) is 11.8 Å². The first-order valence-corrected chi connectivity index (χ1v) is 6.34. The molecule has 1 aromatic carbocycles. The fraction of sp³-hybridized carbons (Fsp3) is 0.533. The minimum Gasteiger partial charge on any atom is -0.497 e. The molecule has 1 fully saturated rings. The van der Waals surface area contributed by atoms with Crippen LogP contribution in [0.4, 0.5) is 0 Å². The Morgan fingerprint density at radius 3 is 2.89 bits per heavy atom. The lowest BCUT2D eigenvalue weighted by Crippen LogP contribution is -2.24. The molecule has 1 aliphatic carbocycles. The van der Waals surface area contributed by atoms with E-state index in [1.807, 2.05) is 24.3 Å². The molecule has 3 atom stereocenters. The van der Waals surface area contributed by atoms with Gasteiger partial charge in [0, 0.05) is 0 Å². The van der Waals surface area contributed by atoms with Crippen LogP contribution in [-0.2, 0) is 0 Å². The number of aliphatic hydroxyl groups excluding tert-OH is 1. The Bertz CT molecular complexity index is 466. The van der Waals surface area contributed by atoms with Gasteiger partial charge in [-0.05, 0) is 42.9 Å². The van der Waals surface area contributed by atoms with Gasteiger partial charge in [-0.15, -0.1) is 0 Å². The molecule has 3 heteroatoms. The highest BCUT2D eigenvalue weighted by atomic mass is 16.5. The second-order valence-electron chi connectivity index (χ2n) is 5.30. The van der Waals surface area contributed by atoms with Gasteiger partial charge in [-0.25, -0.2) is 0 Å². The molecule has 0 aromatic heterocycles. The van der Waals surface area contributed by atoms with E-state index in [9.17, 15) is 10.4 Å². The van der Waals surface area contributed by atoms with Gasteiger partial charge in [0.05, 0.1) is 24.7 Å². The summed E-state index contributed by atoms with van der Waals surface area (Å²) in [6, 6.07) is 9.71. The zero-order valence-corrected chi connectivity index (χ0v) is 10.9. The summed E-state index contributed by atoms with van der Waals surface area (Å²) >= 11 is 0. The van der Waals surface area contributed by atoms with Gasteiger partial charge in [0.1, 0.15) is 5.75 Å². The lowest BCUT2D eigenvalue weighted by molar-refractivity contribution is 0.0645. The fourth-order valence-electron chi connectivity index (χ4n) is 2.87. The molecule has 1 aromatic rings. The number of rotatable bonds is 3. The maximum atomic E-state index is 10.5. The smallest absolute Gasteiger partial charge is 0.119 e. The molecule has 0 saturated heterocycles. The van der Waals surface area contributed by atoms with Crippen LogP contribution in [0.2, 0.25) is 0 Å². The van der Waals surface area contributed by atoms with Crippen LogP contribution in [0.1, 0.15) is 37.9 Å². The molecule has 3 nitrogen and oxygen atoms in total. The molecule has 0 aliphatic heterocycles. The van der Waals surface area contributed by atoms with Crippen LogP contribution in [0.25, 0.3) is 0 Å². The number of nitriles is 1. The van der Waals surface area contributed by atoms with E-state index in [4.69, 9.17) is 4.74 Å².